The smallest absolute Gasteiger partial charge is 0.273 e. The maximum atomic E-state index is 11.9. The summed E-state index contributed by atoms with van der Waals surface area (Å²) >= 11 is 3.22. The summed E-state index contributed by atoms with van der Waals surface area (Å²) in [6, 6.07) is 4.10. The third kappa shape index (κ3) is 4.01. The summed E-state index contributed by atoms with van der Waals surface area (Å²) in [4.78, 5) is 34.8. The Morgan fingerprint density at radius 2 is 2.05 bits per heavy atom. The van der Waals surface area contributed by atoms with Gasteiger partial charge in [-0.05, 0) is 22.0 Å². The molecule has 2 rings (SSSR count). The minimum atomic E-state index is -0.530. The van der Waals surface area contributed by atoms with E-state index in [4.69, 9.17) is 4.74 Å². The Morgan fingerprint density at radius 1 is 1.38 bits per heavy atom. The van der Waals surface area contributed by atoms with Crippen molar-refractivity contribution in [2.45, 2.75) is 12.8 Å². The number of nitrogens with zero attached hydrogens (tertiary/aromatic N) is 2. The van der Waals surface area contributed by atoms with Gasteiger partial charge in [-0.25, -0.2) is 0 Å². The molecule has 1 fully saturated rings. The van der Waals surface area contributed by atoms with Crippen LogP contribution >= 0.6 is 15.9 Å². The summed E-state index contributed by atoms with van der Waals surface area (Å²) in [7, 11) is 0. The summed E-state index contributed by atoms with van der Waals surface area (Å²) in [6.45, 7) is 0.586. The highest BCUT2D eigenvalue weighted by atomic mass is 79.9. The number of hydrogen-bond donors (Lipinski definition) is 0. The number of hydrogen-bond acceptors (Lipinski definition) is 5. The largest absolute Gasteiger partial charge is 0.482 e. The predicted molar refractivity (Wildman–Crippen MR) is 77.1 cm³/mol. The molecule has 21 heavy (non-hydrogen) atoms. The normalized spacial score (nSPS) is 14.9. The van der Waals surface area contributed by atoms with Crippen LogP contribution in [0.4, 0.5) is 5.69 Å². The molecule has 1 heterocycles. The van der Waals surface area contributed by atoms with Gasteiger partial charge in [-0.2, -0.15) is 0 Å². The fourth-order valence-corrected chi connectivity index (χ4v) is 2.31. The number of likely N-dealkylation sites (tertiary alicyclic amines) is 1. The third-order valence-electron chi connectivity index (χ3n) is 3.15. The summed E-state index contributed by atoms with van der Waals surface area (Å²) in [6.07, 6.45) is 0.735. The van der Waals surface area contributed by atoms with Crippen molar-refractivity contribution in [2.24, 2.45) is 0 Å². The Kier molecular flexibility index (Phi) is 4.89. The monoisotopic (exact) mass is 356 g/mol. The number of benzene rings is 1. The van der Waals surface area contributed by atoms with Crippen molar-refractivity contribution in [1.29, 1.82) is 0 Å². The molecule has 0 unspecified atom stereocenters. The van der Waals surface area contributed by atoms with Crippen molar-refractivity contribution < 1.29 is 19.2 Å². The first kappa shape index (κ1) is 15.4. The Balaban J connectivity index is 1.96. The van der Waals surface area contributed by atoms with Crippen LogP contribution in [-0.2, 0) is 9.59 Å². The number of carbonyl (C=O) groups is 2. The van der Waals surface area contributed by atoms with Crippen LogP contribution in [0.5, 0.6) is 5.75 Å². The van der Waals surface area contributed by atoms with Crippen molar-refractivity contribution in [1.82, 2.24) is 4.90 Å². The highest BCUT2D eigenvalue weighted by molar-refractivity contribution is 9.10. The summed E-state index contributed by atoms with van der Waals surface area (Å²) in [5.41, 5.74) is -0.107. The molecule has 0 aliphatic carbocycles. The number of amides is 1. The predicted octanol–water partition coefficient (Wildman–Crippen LogP) is 1.93. The van der Waals surface area contributed by atoms with E-state index in [1.807, 2.05) is 0 Å². The lowest BCUT2D eigenvalue weighted by atomic mass is 10.1. The lowest BCUT2D eigenvalue weighted by Gasteiger charge is -2.26. The topological polar surface area (TPSA) is 89.8 Å². The van der Waals surface area contributed by atoms with Gasteiger partial charge < -0.3 is 9.64 Å². The Morgan fingerprint density at radius 3 is 2.67 bits per heavy atom. The molecule has 0 spiro atoms. The first-order valence-electron chi connectivity index (χ1n) is 6.33. The van der Waals surface area contributed by atoms with Crippen molar-refractivity contribution in [3.05, 3.63) is 32.8 Å². The van der Waals surface area contributed by atoms with Crippen LogP contribution in [0.25, 0.3) is 0 Å². The van der Waals surface area contributed by atoms with Crippen LogP contribution < -0.4 is 4.74 Å². The van der Waals surface area contributed by atoms with E-state index in [2.05, 4.69) is 15.9 Å². The number of nitro benzene ring substituents is 1. The molecule has 0 bridgehead atoms. The Hall–Kier alpha value is -1.96. The quantitative estimate of drug-likeness (QED) is 0.607. The molecule has 1 aromatic carbocycles. The number of ether oxygens (including phenoxy) is 1. The number of halogens is 1. The average molecular weight is 357 g/mol. The number of carbonyl (C=O) groups excluding carboxylic acids is 2. The second-order valence-corrected chi connectivity index (χ2v) is 5.43. The summed E-state index contributed by atoms with van der Waals surface area (Å²) in [5.74, 6) is 0.160. The van der Waals surface area contributed by atoms with Gasteiger partial charge in [0.1, 0.15) is 11.5 Å². The molecule has 0 saturated carbocycles. The number of Topliss-reactive ketones (excluding diaryl/α,β-unsaturated/α-hetero) is 1. The Bertz CT molecular complexity index is 580. The third-order valence-corrected chi connectivity index (χ3v) is 3.81. The van der Waals surface area contributed by atoms with Crippen LogP contribution in [0.2, 0.25) is 0 Å². The van der Waals surface area contributed by atoms with Gasteiger partial charge in [0, 0.05) is 32.0 Å². The second kappa shape index (κ2) is 6.66. The van der Waals surface area contributed by atoms with E-state index < -0.39 is 4.92 Å². The van der Waals surface area contributed by atoms with Crippen LogP contribution in [0, 0.1) is 10.1 Å². The van der Waals surface area contributed by atoms with Gasteiger partial charge in [-0.15, -0.1) is 0 Å². The molecule has 7 nitrogen and oxygen atoms in total. The van der Waals surface area contributed by atoms with Gasteiger partial charge in [0.05, 0.1) is 15.5 Å². The molecule has 0 radical (unpaired) electrons. The zero-order chi connectivity index (χ0) is 15.4. The highest BCUT2D eigenvalue weighted by Gasteiger charge is 2.21. The first-order chi connectivity index (χ1) is 9.97. The number of non-ortho nitro benzene ring substituents is 1. The van der Waals surface area contributed by atoms with E-state index in [0.717, 1.165) is 0 Å². The SMILES string of the molecule is O=C1CCN(C(=O)COc2cc([N+](=O)[O-])ccc2Br)CC1. The second-order valence-electron chi connectivity index (χ2n) is 4.58. The van der Waals surface area contributed by atoms with E-state index in [9.17, 15) is 19.7 Å². The average Bonchev–Trinajstić information content (AvgIpc) is 2.46. The minimum Gasteiger partial charge on any atom is -0.482 e. The number of ketones is 1. The van der Waals surface area contributed by atoms with E-state index in [1.54, 1.807) is 4.90 Å². The van der Waals surface area contributed by atoms with Crippen molar-refractivity contribution in [3.8, 4) is 5.75 Å². The molecule has 0 N–H and O–H groups in total. The van der Waals surface area contributed by atoms with E-state index in [-0.39, 0.29) is 29.7 Å². The van der Waals surface area contributed by atoms with Gasteiger partial charge in [0.2, 0.25) is 0 Å². The number of rotatable bonds is 4. The summed E-state index contributed by atoms with van der Waals surface area (Å²) in [5, 5.41) is 10.7. The highest BCUT2D eigenvalue weighted by Crippen LogP contribution is 2.29. The van der Waals surface area contributed by atoms with Crippen molar-refractivity contribution >= 4 is 33.3 Å². The first-order valence-corrected chi connectivity index (χ1v) is 7.13. The number of piperidine rings is 1. The molecule has 8 heteroatoms. The molecule has 1 saturated heterocycles. The lowest BCUT2D eigenvalue weighted by molar-refractivity contribution is -0.385. The van der Waals surface area contributed by atoms with Crippen LogP contribution in [-0.4, -0.2) is 41.2 Å². The fourth-order valence-electron chi connectivity index (χ4n) is 1.95. The molecular weight excluding hydrogens is 344 g/mol. The molecule has 1 aliphatic rings. The molecule has 0 atom stereocenters. The van der Waals surface area contributed by atoms with Gasteiger partial charge in [0.25, 0.3) is 11.6 Å². The maximum Gasteiger partial charge on any atom is 0.273 e. The molecular formula is C13H13BrN2O5. The standard InChI is InChI=1S/C13H13BrN2O5/c14-11-2-1-9(16(19)20)7-12(11)21-8-13(18)15-5-3-10(17)4-6-15/h1-2,7H,3-6,8H2. The summed E-state index contributed by atoms with van der Waals surface area (Å²) < 4.78 is 5.88. The molecule has 1 aromatic rings. The van der Waals surface area contributed by atoms with Crippen LogP contribution in [0.1, 0.15) is 12.8 Å². The Labute approximate surface area is 129 Å². The lowest BCUT2D eigenvalue weighted by Crippen LogP contribution is -2.41. The van der Waals surface area contributed by atoms with E-state index in [0.29, 0.717) is 30.4 Å². The maximum absolute atomic E-state index is 11.9. The molecule has 1 aliphatic heterocycles. The van der Waals surface area contributed by atoms with Crippen molar-refractivity contribution in [3.63, 3.8) is 0 Å². The zero-order valence-electron chi connectivity index (χ0n) is 11.1. The molecule has 112 valence electrons. The van der Waals surface area contributed by atoms with Gasteiger partial charge in [-0.1, -0.05) is 0 Å². The fraction of sp³-hybridized carbons (Fsp3) is 0.385. The zero-order valence-corrected chi connectivity index (χ0v) is 12.7. The number of nitro groups is 1. The van der Waals surface area contributed by atoms with Crippen LogP contribution in [0.3, 0.4) is 0 Å². The van der Waals surface area contributed by atoms with E-state index >= 15 is 0 Å². The van der Waals surface area contributed by atoms with Crippen molar-refractivity contribution in [2.75, 3.05) is 19.7 Å². The van der Waals surface area contributed by atoms with E-state index in [1.165, 1.54) is 18.2 Å². The minimum absolute atomic E-state index is 0.107. The van der Waals surface area contributed by atoms with Gasteiger partial charge in [-0.3, -0.25) is 19.7 Å². The molecule has 1 amide bonds. The van der Waals surface area contributed by atoms with Gasteiger partial charge in [0.15, 0.2) is 6.61 Å². The van der Waals surface area contributed by atoms with Crippen LogP contribution in [0.15, 0.2) is 22.7 Å². The molecule has 0 aromatic heterocycles. The van der Waals surface area contributed by atoms with Gasteiger partial charge >= 0.3 is 0 Å².